The van der Waals surface area contributed by atoms with Crippen molar-refractivity contribution in [1.82, 2.24) is 4.98 Å². The van der Waals surface area contributed by atoms with Crippen molar-refractivity contribution in [3.8, 4) is 0 Å². The Morgan fingerprint density at radius 3 is 2.74 bits per heavy atom. The summed E-state index contributed by atoms with van der Waals surface area (Å²) in [6, 6.07) is 14.6. The average molecular weight is 268 g/mol. The molecule has 0 aliphatic carbocycles. The molecular weight excluding hydrogens is 252 g/mol. The number of benzene rings is 2. The third-order valence-corrected chi connectivity index (χ3v) is 4.22. The van der Waals surface area contributed by atoms with E-state index in [1.54, 1.807) is 11.3 Å². The van der Waals surface area contributed by atoms with Crippen molar-refractivity contribution >= 4 is 32.4 Å². The lowest BCUT2D eigenvalue weighted by atomic mass is 10.1. The first kappa shape index (κ1) is 12.2. The van der Waals surface area contributed by atoms with Gasteiger partial charge in [-0.2, -0.15) is 0 Å². The number of aryl methyl sites for hydroxylation is 2. The van der Waals surface area contributed by atoms with E-state index in [0.29, 0.717) is 0 Å². The minimum atomic E-state index is 0.963. The van der Waals surface area contributed by atoms with Gasteiger partial charge < -0.3 is 5.32 Å². The fraction of sp³-hybridized carbons (Fsp3) is 0.188. The highest BCUT2D eigenvalue weighted by molar-refractivity contribution is 7.22. The molecule has 0 saturated carbocycles. The van der Waals surface area contributed by atoms with Crippen LogP contribution in [0.5, 0.6) is 0 Å². The smallest absolute Gasteiger partial charge is 0.188 e. The molecule has 3 rings (SSSR count). The fourth-order valence-electron chi connectivity index (χ4n) is 2.23. The average Bonchev–Trinajstić information content (AvgIpc) is 2.83. The predicted molar refractivity (Wildman–Crippen MR) is 83.5 cm³/mol. The van der Waals surface area contributed by atoms with Crippen molar-refractivity contribution < 1.29 is 0 Å². The highest BCUT2D eigenvalue weighted by Gasteiger charge is 2.08. The summed E-state index contributed by atoms with van der Waals surface area (Å²) in [5.74, 6) is 0. The van der Waals surface area contributed by atoms with Crippen LogP contribution in [0.3, 0.4) is 0 Å². The second-order valence-corrected chi connectivity index (χ2v) is 5.60. The Kier molecular flexibility index (Phi) is 3.22. The Balaban J connectivity index is 2.01. The number of hydrogen-bond acceptors (Lipinski definition) is 3. The van der Waals surface area contributed by atoms with Crippen LogP contribution in [0.1, 0.15) is 18.1 Å². The number of para-hydroxylation sites is 2. The molecule has 0 amide bonds. The molecule has 2 aromatic carbocycles. The second kappa shape index (κ2) is 5.02. The molecule has 0 saturated heterocycles. The molecule has 0 aliphatic rings. The molecule has 96 valence electrons. The topological polar surface area (TPSA) is 24.9 Å². The number of nitrogens with zero attached hydrogens (tertiary/aromatic N) is 1. The van der Waals surface area contributed by atoms with E-state index in [0.717, 1.165) is 17.1 Å². The number of nitrogens with one attached hydrogen (secondary N) is 1. The molecule has 2 nitrogen and oxygen atoms in total. The lowest BCUT2D eigenvalue weighted by Gasteiger charge is -2.11. The lowest BCUT2D eigenvalue weighted by Crippen LogP contribution is -1.97. The van der Waals surface area contributed by atoms with E-state index in [4.69, 9.17) is 0 Å². The summed E-state index contributed by atoms with van der Waals surface area (Å²) in [4.78, 5) is 4.63. The van der Waals surface area contributed by atoms with Gasteiger partial charge in [0.05, 0.1) is 10.2 Å². The number of thiazole rings is 1. The van der Waals surface area contributed by atoms with Gasteiger partial charge in [0.15, 0.2) is 5.13 Å². The zero-order valence-corrected chi connectivity index (χ0v) is 11.9. The maximum absolute atomic E-state index is 4.63. The van der Waals surface area contributed by atoms with Crippen molar-refractivity contribution in [3.05, 3.63) is 53.6 Å². The van der Waals surface area contributed by atoms with E-state index in [1.807, 2.05) is 6.07 Å². The normalized spacial score (nSPS) is 10.8. The van der Waals surface area contributed by atoms with E-state index >= 15 is 0 Å². The molecule has 3 aromatic rings. The molecule has 0 unspecified atom stereocenters. The molecule has 0 aliphatic heterocycles. The number of hydrogen-bond donors (Lipinski definition) is 1. The number of anilines is 2. The Morgan fingerprint density at radius 1 is 1.11 bits per heavy atom. The first-order chi connectivity index (χ1) is 9.28. The van der Waals surface area contributed by atoms with Gasteiger partial charge in [-0.3, -0.25) is 0 Å². The van der Waals surface area contributed by atoms with E-state index < -0.39 is 0 Å². The van der Waals surface area contributed by atoms with Gasteiger partial charge in [0.2, 0.25) is 0 Å². The highest BCUT2D eigenvalue weighted by Crippen LogP contribution is 2.31. The fourth-order valence-corrected chi connectivity index (χ4v) is 3.10. The van der Waals surface area contributed by atoms with Crippen molar-refractivity contribution in [2.75, 3.05) is 5.32 Å². The van der Waals surface area contributed by atoms with Crippen LogP contribution in [-0.2, 0) is 6.42 Å². The van der Waals surface area contributed by atoms with E-state index in [2.05, 4.69) is 60.5 Å². The van der Waals surface area contributed by atoms with Gasteiger partial charge in [0.1, 0.15) is 0 Å². The molecule has 0 atom stereocenters. The van der Waals surface area contributed by atoms with E-state index in [1.165, 1.54) is 21.5 Å². The van der Waals surface area contributed by atoms with Crippen LogP contribution in [0.15, 0.2) is 42.5 Å². The maximum Gasteiger partial charge on any atom is 0.188 e. The van der Waals surface area contributed by atoms with Crippen molar-refractivity contribution in [2.45, 2.75) is 20.3 Å². The van der Waals surface area contributed by atoms with Crippen molar-refractivity contribution in [2.24, 2.45) is 0 Å². The SMILES string of the molecule is CCc1cccc(C)c1Nc1nc2ccccc2s1. The lowest BCUT2D eigenvalue weighted by molar-refractivity contribution is 1.13. The van der Waals surface area contributed by atoms with Crippen LogP contribution >= 0.6 is 11.3 Å². The first-order valence-electron chi connectivity index (χ1n) is 6.49. The summed E-state index contributed by atoms with van der Waals surface area (Å²) in [6.45, 7) is 4.31. The van der Waals surface area contributed by atoms with Gasteiger partial charge in [-0.15, -0.1) is 0 Å². The Hall–Kier alpha value is -1.87. The Labute approximate surface area is 117 Å². The largest absolute Gasteiger partial charge is 0.331 e. The summed E-state index contributed by atoms with van der Waals surface area (Å²) in [6.07, 6.45) is 1.02. The van der Waals surface area contributed by atoms with Gasteiger partial charge in [-0.25, -0.2) is 4.98 Å². The molecule has 1 N–H and O–H groups in total. The monoisotopic (exact) mass is 268 g/mol. The van der Waals surface area contributed by atoms with Crippen LogP contribution in [0.4, 0.5) is 10.8 Å². The standard InChI is InChI=1S/C16H16N2S/c1-3-12-8-6-7-11(2)15(12)18-16-17-13-9-4-5-10-14(13)19-16/h4-10H,3H2,1-2H3,(H,17,18). The number of rotatable bonds is 3. The van der Waals surface area contributed by atoms with Crippen LogP contribution in [-0.4, -0.2) is 4.98 Å². The van der Waals surface area contributed by atoms with Crippen molar-refractivity contribution in [3.63, 3.8) is 0 Å². The number of aromatic nitrogens is 1. The predicted octanol–water partition coefficient (Wildman–Crippen LogP) is 4.91. The molecule has 0 spiro atoms. The van der Waals surface area contributed by atoms with Gasteiger partial charge in [-0.05, 0) is 36.6 Å². The zero-order chi connectivity index (χ0) is 13.2. The minimum Gasteiger partial charge on any atom is -0.331 e. The van der Waals surface area contributed by atoms with E-state index in [9.17, 15) is 0 Å². The maximum atomic E-state index is 4.63. The number of fused-ring (bicyclic) bond motifs is 1. The third kappa shape index (κ3) is 2.34. The Morgan fingerprint density at radius 2 is 1.95 bits per heavy atom. The molecule has 0 bridgehead atoms. The van der Waals surface area contributed by atoms with E-state index in [-0.39, 0.29) is 0 Å². The van der Waals surface area contributed by atoms with Gasteiger partial charge >= 0.3 is 0 Å². The quantitative estimate of drug-likeness (QED) is 0.730. The van der Waals surface area contributed by atoms with Crippen LogP contribution < -0.4 is 5.32 Å². The summed E-state index contributed by atoms with van der Waals surface area (Å²) in [7, 11) is 0. The van der Waals surface area contributed by atoms with Crippen LogP contribution in [0, 0.1) is 6.92 Å². The summed E-state index contributed by atoms with van der Waals surface area (Å²) < 4.78 is 1.22. The minimum absolute atomic E-state index is 0.963. The van der Waals surface area contributed by atoms with Gasteiger partial charge in [0, 0.05) is 5.69 Å². The summed E-state index contributed by atoms with van der Waals surface area (Å²) in [5, 5.41) is 4.45. The summed E-state index contributed by atoms with van der Waals surface area (Å²) in [5.41, 5.74) is 4.85. The molecule has 0 radical (unpaired) electrons. The molecule has 19 heavy (non-hydrogen) atoms. The van der Waals surface area contributed by atoms with Crippen LogP contribution in [0.25, 0.3) is 10.2 Å². The molecule has 1 aromatic heterocycles. The van der Waals surface area contributed by atoms with Crippen LogP contribution in [0.2, 0.25) is 0 Å². The first-order valence-corrected chi connectivity index (χ1v) is 7.30. The van der Waals surface area contributed by atoms with Gasteiger partial charge in [-0.1, -0.05) is 48.6 Å². The van der Waals surface area contributed by atoms with Gasteiger partial charge in [0.25, 0.3) is 0 Å². The highest BCUT2D eigenvalue weighted by atomic mass is 32.1. The molecule has 3 heteroatoms. The van der Waals surface area contributed by atoms with Crippen molar-refractivity contribution in [1.29, 1.82) is 0 Å². The molecule has 1 heterocycles. The molecule has 0 fully saturated rings. The second-order valence-electron chi connectivity index (χ2n) is 4.57. The summed E-state index contributed by atoms with van der Waals surface area (Å²) >= 11 is 1.70. The third-order valence-electron chi connectivity index (χ3n) is 3.27. The Bertz CT molecular complexity index is 683. The zero-order valence-electron chi connectivity index (χ0n) is 11.1. The molecular formula is C16H16N2S.